The highest BCUT2D eigenvalue weighted by Gasteiger charge is 2.17. The molecule has 25 heteroatoms. The fourth-order valence-electron chi connectivity index (χ4n) is 6.09. The summed E-state index contributed by atoms with van der Waals surface area (Å²) in [5.41, 5.74) is 10.3. The molecule has 0 aliphatic rings. The van der Waals surface area contributed by atoms with E-state index in [-0.39, 0.29) is 5.91 Å². The maximum atomic E-state index is 11.0. The lowest BCUT2D eigenvalue weighted by Gasteiger charge is -1.94. The Bertz CT molecular complexity index is 3610. The number of nitrogens with zero attached hydrogens (tertiary/aromatic N) is 17. The van der Waals surface area contributed by atoms with E-state index in [0.717, 1.165) is 74.6 Å². The van der Waals surface area contributed by atoms with Gasteiger partial charge in [0.05, 0.1) is 28.9 Å². The number of aryl methyl sites for hydroxylation is 3. The predicted molar refractivity (Wildman–Crippen MR) is 264 cm³/mol. The zero-order valence-corrected chi connectivity index (χ0v) is 41.8. The molecule has 0 amide bonds. The van der Waals surface area contributed by atoms with Crippen LogP contribution in [0.4, 0.5) is 5.82 Å². The van der Waals surface area contributed by atoms with Gasteiger partial charge in [0.2, 0.25) is 22.2 Å². The van der Waals surface area contributed by atoms with Crippen LogP contribution in [0.1, 0.15) is 11.7 Å². The largest absolute Gasteiger partial charge is 0.361 e. The number of pyridine rings is 6. The Labute approximate surface area is 412 Å². The van der Waals surface area contributed by atoms with Crippen LogP contribution >= 0.6 is 63.7 Å². The van der Waals surface area contributed by atoms with Crippen molar-refractivity contribution >= 4 is 142 Å². The maximum absolute atomic E-state index is 11.0. The third kappa shape index (κ3) is 11.2. The zero-order chi connectivity index (χ0) is 47.6. The van der Waals surface area contributed by atoms with Gasteiger partial charge in [-0.05, 0) is 130 Å². The van der Waals surface area contributed by atoms with Gasteiger partial charge in [0.1, 0.15) is 43.2 Å². The SMILES string of the molecule is Brc1[nH]nc2cccnc12.CC(=O)n1ncc2ncccc21.Cn1nc(Br)c2c1ccc[n+]2O.Cn1nc(Br)c2ncccc21.[C-]#[N+]c1ccc2c(n1)c(Br)nn2C.c1cnc2cn[nH]c2c1. The molecule has 0 atom stereocenters. The van der Waals surface area contributed by atoms with E-state index in [1.165, 1.54) is 11.6 Å². The highest BCUT2D eigenvalue weighted by atomic mass is 79.9. The summed E-state index contributed by atoms with van der Waals surface area (Å²) < 4.78 is 10.6. The van der Waals surface area contributed by atoms with Gasteiger partial charge in [-0.15, -0.1) is 4.98 Å². The number of hydrogen-bond acceptors (Lipinski definition) is 13. The van der Waals surface area contributed by atoms with E-state index in [9.17, 15) is 10.0 Å². The molecule has 0 aliphatic heterocycles. The Morgan fingerprint density at radius 2 is 1.25 bits per heavy atom. The Hall–Kier alpha value is -7.40. The van der Waals surface area contributed by atoms with Gasteiger partial charge in [-0.2, -0.15) is 35.3 Å². The highest BCUT2D eigenvalue weighted by molar-refractivity contribution is 9.11. The number of fused-ring (bicyclic) bond motifs is 6. The van der Waals surface area contributed by atoms with Gasteiger partial charge in [0, 0.05) is 63.7 Å². The first-order chi connectivity index (χ1) is 32.3. The van der Waals surface area contributed by atoms with Crippen LogP contribution in [0.5, 0.6) is 0 Å². The number of halogens is 4. The Balaban J connectivity index is 0.000000120. The highest BCUT2D eigenvalue weighted by Crippen LogP contribution is 2.24. The summed E-state index contributed by atoms with van der Waals surface area (Å²) in [6.07, 6.45) is 11.8. The minimum Gasteiger partial charge on any atom is -0.361 e. The second-order valence-corrected chi connectivity index (χ2v) is 16.6. The standard InChI is InChI=1S/C8H5BrN4.C8H7N3O.C7H7BrN3O.C7H6BrN3.C6H4BrN3.C6H5N3/c1-10-6-4-3-5-7(11-6)8(9)12-13(5)2;1-6(12)11-8-3-2-4-9-7(8)5-10-11;1-10-5-3-2-4-11(12)6(5)7(8)9-10;1-11-5-3-2-4-9-6(5)7(8)10-11;7-6-5-4(9-10-6)2-1-3-8-5;1-2-5-6(7-3-1)4-8-9-5/h3-4H,2H3;2-5H,1H3;2-4,12H,1H3;2-4H,1H3;1-3H,(H,9,10);1-4H,(H,8,9)/q;;+1;;;. The summed E-state index contributed by atoms with van der Waals surface area (Å²) in [7, 11) is 5.56. The lowest BCUT2D eigenvalue weighted by molar-refractivity contribution is -0.885. The van der Waals surface area contributed by atoms with Crippen LogP contribution in [-0.4, -0.2) is 95.6 Å². The van der Waals surface area contributed by atoms with Crippen molar-refractivity contribution in [2.24, 2.45) is 21.1 Å². The third-order valence-corrected chi connectivity index (χ3v) is 11.3. The summed E-state index contributed by atoms with van der Waals surface area (Å²) in [6, 6.07) is 22.2. The summed E-state index contributed by atoms with van der Waals surface area (Å²) >= 11 is 13.1. The Morgan fingerprint density at radius 3 is 1.93 bits per heavy atom. The van der Waals surface area contributed by atoms with Crippen molar-refractivity contribution in [2.75, 3.05) is 0 Å². The molecule has 0 bridgehead atoms. The summed E-state index contributed by atoms with van der Waals surface area (Å²) in [5, 5.41) is 39.1. The number of H-pyrrole nitrogens is 2. The second-order valence-electron chi connectivity index (χ2n) is 13.5. The Morgan fingerprint density at radius 1 is 0.657 bits per heavy atom. The van der Waals surface area contributed by atoms with Crippen LogP contribution in [0.15, 0.2) is 135 Å². The van der Waals surface area contributed by atoms with Crippen molar-refractivity contribution in [3.63, 3.8) is 0 Å². The van der Waals surface area contributed by atoms with E-state index >= 15 is 0 Å². The van der Waals surface area contributed by atoms with Gasteiger partial charge in [0.25, 0.3) is 5.82 Å². The first-order valence-corrected chi connectivity index (χ1v) is 22.5. The Kier molecular flexibility index (Phi) is 15.4. The summed E-state index contributed by atoms with van der Waals surface area (Å²) in [5.74, 6) is 0.291. The second kappa shape index (κ2) is 21.7. The van der Waals surface area contributed by atoms with Crippen molar-refractivity contribution in [1.82, 2.24) is 84.4 Å². The molecular weight excluding hydrogens is 1120 g/mol. The van der Waals surface area contributed by atoms with Gasteiger partial charge in [0.15, 0.2) is 9.21 Å². The number of aromatic nitrogens is 18. The van der Waals surface area contributed by atoms with Crippen molar-refractivity contribution in [2.45, 2.75) is 6.92 Å². The van der Waals surface area contributed by atoms with Crippen molar-refractivity contribution < 1.29 is 14.7 Å². The minimum atomic E-state index is -0.0991. The molecule has 0 aromatic carbocycles. The fraction of sp³-hybridized carbons (Fsp3) is 0.0952. The van der Waals surface area contributed by atoms with Crippen molar-refractivity contribution in [3.8, 4) is 0 Å². The molecule has 0 fully saturated rings. The van der Waals surface area contributed by atoms with Gasteiger partial charge in [-0.3, -0.25) is 54.2 Å². The summed E-state index contributed by atoms with van der Waals surface area (Å²) in [4.78, 5) is 34.7. The lowest BCUT2D eigenvalue weighted by Crippen LogP contribution is -2.29. The topological polar surface area (TPSA) is 239 Å². The van der Waals surface area contributed by atoms with Crippen LogP contribution in [-0.2, 0) is 21.1 Å². The number of carbonyl (C=O) groups is 1. The molecule has 12 heterocycles. The molecule has 0 saturated heterocycles. The van der Waals surface area contributed by atoms with Gasteiger partial charge in [-0.1, -0.05) is 6.57 Å². The molecule has 336 valence electrons. The molecule has 12 aromatic heterocycles. The van der Waals surface area contributed by atoms with E-state index in [1.807, 2.05) is 75.7 Å². The first-order valence-electron chi connectivity index (χ1n) is 19.3. The molecule has 0 unspecified atom stereocenters. The number of carbonyl (C=O) groups excluding carboxylic acids is 1. The van der Waals surface area contributed by atoms with Gasteiger partial charge in [-0.25, -0.2) is 0 Å². The molecule has 3 N–H and O–H groups in total. The maximum Gasteiger partial charge on any atom is 0.316 e. The number of aromatic amines is 2. The van der Waals surface area contributed by atoms with E-state index in [1.54, 1.807) is 75.6 Å². The lowest BCUT2D eigenvalue weighted by atomic mass is 10.4. The van der Waals surface area contributed by atoms with Crippen LogP contribution in [0.2, 0.25) is 0 Å². The molecule has 21 nitrogen and oxygen atoms in total. The number of hydrogen-bond donors (Lipinski definition) is 3. The molecule has 0 saturated carbocycles. The number of rotatable bonds is 0. The van der Waals surface area contributed by atoms with Gasteiger partial charge >= 0.3 is 5.52 Å². The van der Waals surface area contributed by atoms with Gasteiger partial charge < -0.3 is 4.85 Å². The van der Waals surface area contributed by atoms with Crippen molar-refractivity contribution in [1.29, 1.82) is 0 Å². The quantitative estimate of drug-likeness (QED) is 0.0733. The minimum absolute atomic E-state index is 0.0991. The third-order valence-electron chi connectivity index (χ3n) is 9.18. The normalized spacial score (nSPS) is 10.5. The number of nitrogens with one attached hydrogen (secondary N) is 2. The average Bonchev–Trinajstić information content (AvgIpc) is 4.21. The van der Waals surface area contributed by atoms with E-state index in [2.05, 4.69) is 134 Å². The zero-order valence-electron chi connectivity index (χ0n) is 35.4. The predicted octanol–water partition coefficient (Wildman–Crippen LogP) is 8.64. The van der Waals surface area contributed by atoms with Crippen LogP contribution in [0.25, 0.3) is 71.0 Å². The van der Waals surface area contributed by atoms with E-state index < -0.39 is 0 Å². The molecule has 0 spiro atoms. The molecule has 0 radical (unpaired) electrons. The van der Waals surface area contributed by atoms with Crippen molar-refractivity contribution in [3.05, 3.63) is 146 Å². The van der Waals surface area contributed by atoms with Crippen LogP contribution in [0, 0.1) is 6.57 Å². The smallest absolute Gasteiger partial charge is 0.316 e. The van der Waals surface area contributed by atoms with E-state index in [4.69, 9.17) is 6.57 Å². The summed E-state index contributed by atoms with van der Waals surface area (Å²) in [6.45, 7) is 8.29. The fourth-order valence-corrected chi connectivity index (χ4v) is 8.18. The molecule has 67 heavy (non-hydrogen) atoms. The monoisotopic (exact) mass is 1150 g/mol. The average molecular weight is 1160 g/mol. The van der Waals surface area contributed by atoms with Crippen LogP contribution in [0.3, 0.4) is 0 Å². The first kappa shape index (κ1) is 47.6. The van der Waals surface area contributed by atoms with E-state index in [0.29, 0.717) is 20.5 Å². The molecular formula is C42H34Br4N19O2+. The molecule has 12 rings (SSSR count). The van der Waals surface area contributed by atoms with Crippen LogP contribution < -0.4 is 4.73 Å². The molecule has 0 aliphatic carbocycles. The molecule has 12 aromatic rings.